The Morgan fingerprint density at radius 2 is 2.06 bits per heavy atom. The highest BCUT2D eigenvalue weighted by molar-refractivity contribution is 5.77. The van der Waals surface area contributed by atoms with Crippen molar-refractivity contribution < 1.29 is 9.53 Å². The molecule has 0 fully saturated rings. The van der Waals surface area contributed by atoms with E-state index in [-0.39, 0.29) is 18.1 Å². The molecule has 0 aliphatic carbocycles. The van der Waals surface area contributed by atoms with Crippen LogP contribution in [0.1, 0.15) is 32.2 Å². The lowest BCUT2D eigenvalue weighted by molar-refractivity contribution is -0.130. The smallest absolute Gasteiger partial charge is 0.246 e. The normalized spacial score (nSPS) is 11.3. The van der Waals surface area contributed by atoms with Gasteiger partial charge in [0, 0.05) is 6.20 Å². The van der Waals surface area contributed by atoms with E-state index in [4.69, 9.17) is 4.74 Å². The first kappa shape index (κ1) is 13.6. The Morgan fingerprint density at radius 1 is 1.35 bits per heavy atom. The molecule has 0 unspecified atom stereocenters. The zero-order valence-electron chi connectivity index (χ0n) is 10.8. The second-order valence-electron chi connectivity index (χ2n) is 4.83. The van der Waals surface area contributed by atoms with E-state index < -0.39 is 0 Å². The molecule has 1 rings (SSSR count). The SMILES string of the molecule is Cc1cnc(CNC(=O)COC(C)(C)C)cn1. The van der Waals surface area contributed by atoms with Crippen molar-refractivity contribution in [3.05, 3.63) is 23.8 Å². The number of nitrogens with one attached hydrogen (secondary N) is 1. The van der Waals surface area contributed by atoms with Gasteiger partial charge in [-0.2, -0.15) is 0 Å². The molecular formula is C12H19N3O2. The Kier molecular flexibility index (Phi) is 4.57. The van der Waals surface area contributed by atoms with Crippen LogP contribution in [0, 0.1) is 6.92 Å². The second-order valence-corrected chi connectivity index (χ2v) is 4.83. The largest absolute Gasteiger partial charge is 0.366 e. The minimum absolute atomic E-state index is 0.0583. The number of hydrogen-bond acceptors (Lipinski definition) is 4. The van der Waals surface area contributed by atoms with Crippen LogP contribution >= 0.6 is 0 Å². The van der Waals surface area contributed by atoms with Crippen LogP contribution in [0.15, 0.2) is 12.4 Å². The number of aromatic nitrogens is 2. The molecule has 17 heavy (non-hydrogen) atoms. The van der Waals surface area contributed by atoms with Crippen LogP contribution in [0.25, 0.3) is 0 Å². The van der Waals surface area contributed by atoms with E-state index in [1.165, 1.54) is 0 Å². The summed E-state index contributed by atoms with van der Waals surface area (Å²) in [5, 5.41) is 2.72. The Labute approximate surface area is 102 Å². The van der Waals surface area contributed by atoms with Gasteiger partial charge in [0.05, 0.1) is 29.7 Å². The van der Waals surface area contributed by atoms with Crippen LogP contribution in [-0.4, -0.2) is 28.1 Å². The van der Waals surface area contributed by atoms with Gasteiger partial charge in [-0.1, -0.05) is 0 Å². The molecule has 0 aromatic carbocycles. The zero-order chi connectivity index (χ0) is 12.9. The standard InChI is InChI=1S/C12H19N3O2/c1-9-5-14-10(6-13-9)7-15-11(16)8-17-12(2,3)4/h5-6H,7-8H2,1-4H3,(H,15,16). The minimum Gasteiger partial charge on any atom is -0.366 e. The van der Waals surface area contributed by atoms with Crippen molar-refractivity contribution in [1.29, 1.82) is 0 Å². The summed E-state index contributed by atoms with van der Waals surface area (Å²) >= 11 is 0. The van der Waals surface area contributed by atoms with Crippen LogP contribution in [0.5, 0.6) is 0 Å². The van der Waals surface area contributed by atoms with Gasteiger partial charge in [-0.15, -0.1) is 0 Å². The quantitative estimate of drug-likeness (QED) is 0.855. The van der Waals surface area contributed by atoms with E-state index in [0.29, 0.717) is 6.54 Å². The monoisotopic (exact) mass is 237 g/mol. The predicted molar refractivity (Wildman–Crippen MR) is 64.3 cm³/mol. The summed E-state index contributed by atoms with van der Waals surface area (Å²) in [5.74, 6) is -0.151. The van der Waals surface area contributed by atoms with Crippen LogP contribution in [0.4, 0.5) is 0 Å². The van der Waals surface area contributed by atoms with Gasteiger partial charge < -0.3 is 10.1 Å². The fraction of sp³-hybridized carbons (Fsp3) is 0.583. The Hall–Kier alpha value is -1.49. The molecule has 1 heterocycles. The summed E-state index contributed by atoms with van der Waals surface area (Å²) in [4.78, 5) is 19.7. The van der Waals surface area contributed by atoms with Crippen LogP contribution in [0.2, 0.25) is 0 Å². The zero-order valence-corrected chi connectivity index (χ0v) is 10.8. The van der Waals surface area contributed by atoms with Crippen LogP contribution in [-0.2, 0) is 16.1 Å². The highest BCUT2D eigenvalue weighted by Gasteiger charge is 2.12. The molecule has 0 aliphatic rings. The summed E-state index contributed by atoms with van der Waals surface area (Å²) in [7, 11) is 0. The Balaban J connectivity index is 2.31. The summed E-state index contributed by atoms with van der Waals surface area (Å²) in [6, 6.07) is 0. The molecule has 94 valence electrons. The van der Waals surface area contributed by atoms with Crippen molar-refractivity contribution in [1.82, 2.24) is 15.3 Å². The van der Waals surface area contributed by atoms with Crippen molar-refractivity contribution in [3.8, 4) is 0 Å². The topological polar surface area (TPSA) is 64.1 Å². The van der Waals surface area contributed by atoms with Gasteiger partial charge >= 0.3 is 0 Å². The number of amides is 1. The van der Waals surface area contributed by atoms with Crippen molar-refractivity contribution in [3.63, 3.8) is 0 Å². The van der Waals surface area contributed by atoms with Crippen molar-refractivity contribution in [2.75, 3.05) is 6.61 Å². The molecule has 0 bridgehead atoms. The maximum Gasteiger partial charge on any atom is 0.246 e. The van der Waals surface area contributed by atoms with E-state index in [9.17, 15) is 4.79 Å². The number of hydrogen-bond donors (Lipinski definition) is 1. The number of carbonyl (C=O) groups excluding carboxylic acids is 1. The molecule has 0 radical (unpaired) electrons. The van der Waals surface area contributed by atoms with Gasteiger partial charge in [0.2, 0.25) is 5.91 Å². The highest BCUT2D eigenvalue weighted by atomic mass is 16.5. The van der Waals surface area contributed by atoms with Crippen molar-refractivity contribution in [2.24, 2.45) is 0 Å². The molecule has 5 heteroatoms. The van der Waals surface area contributed by atoms with Gasteiger partial charge in [0.1, 0.15) is 6.61 Å². The molecule has 0 saturated carbocycles. The third-order valence-corrected chi connectivity index (χ3v) is 1.94. The summed E-state index contributed by atoms with van der Waals surface area (Å²) in [5.41, 5.74) is 1.29. The van der Waals surface area contributed by atoms with Gasteiger partial charge in [-0.05, 0) is 27.7 Å². The van der Waals surface area contributed by atoms with Crippen LogP contribution in [0.3, 0.4) is 0 Å². The van der Waals surface area contributed by atoms with Gasteiger partial charge in [-0.25, -0.2) is 0 Å². The minimum atomic E-state index is -0.305. The lowest BCUT2D eigenvalue weighted by Gasteiger charge is -2.18. The first-order valence-electron chi connectivity index (χ1n) is 5.55. The van der Waals surface area contributed by atoms with Gasteiger partial charge in [0.15, 0.2) is 0 Å². The number of nitrogens with zero attached hydrogens (tertiary/aromatic N) is 2. The third-order valence-electron chi connectivity index (χ3n) is 1.94. The van der Waals surface area contributed by atoms with Crippen molar-refractivity contribution >= 4 is 5.91 Å². The molecule has 0 saturated heterocycles. The number of ether oxygens (including phenoxy) is 1. The van der Waals surface area contributed by atoms with E-state index >= 15 is 0 Å². The van der Waals surface area contributed by atoms with E-state index in [1.807, 2.05) is 27.7 Å². The van der Waals surface area contributed by atoms with E-state index in [1.54, 1.807) is 12.4 Å². The molecule has 1 N–H and O–H groups in total. The molecule has 0 atom stereocenters. The summed E-state index contributed by atoms with van der Waals surface area (Å²) in [6.45, 7) is 8.03. The third kappa shape index (κ3) is 5.97. The fourth-order valence-electron chi connectivity index (χ4n) is 1.03. The van der Waals surface area contributed by atoms with Gasteiger partial charge in [-0.3, -0.25) is 14.8 Å². The number of rotatable bonds is 4. The Bertz CT molecular complexity index is 368. The molecule has 0 spiro atoms. The molecule has 1 aromatic heterocycles. The number of carbonyl (C=O) groups is 1. The second kappa shape index (κ2) is 5.72. The first-order valence-corrected chi connectivity index (χ1v) is 5.55. The molecule has 1 aromatic rings. The molecule has 5 nitrogen and oxygen atoms in total. The predicted octanol–water partition coefficient (Wildman–Crippen LogP) is 1.22. The maximum absolute atomic E-state index is 11.4. The fourth-order valence-corrected chi connectivity index (χ4v) is 1.03. The van der Waals surface area contributed by atoms with Gasteiger partial charge in [0.25, 0.3) is 0 Å². The molecule has 0 aliphatic heterocycles. The summed E-state index contributed by atoms with van der Waals surface area (Å²) < 4.78 is 5.35. The highest BCUT2D eigenvalue weighted by Crippen LogP contribution is 2.05. The molecular weight excluding hydrogens is 218 g/mol. The van der Waals surface area contributed by atoms with Crippen LogP contribution < -0.4 is 5.32 Å². The summed E-state index contributed by atoms with van der Waals surface area (Å²) in [6.07, 6.45) is 3.33. The van der Waals surface area contributed by atoms with E-state index in [0.717, 1.165) is 11.4 Å². The van der Waals surface area contributed by atoms with E-state index in [2.05, 4.69) is 15.3 Å². The number of aryl methyl sites for hydroxylation is 1. The molecule has 1 amide bonds. The first-order chi connectivity index (χ1) is 7.87. The van der Waals surface area contributed by atoms with Crippen molar-refractivity contribution in [2.45, 2.75) is 39.8 Å². The maximum atomic E-state index is 11.4. The average molecular weight is 237 g/mol. The average Bonchev–Trinajstić information content (AvgIpc) is 2.25. The lowest BCUT2D eigenvalue weighted by Crippen LogP contribution is -2.31. The lowest BCUT2D eigenvalue weighted by atomic mass is 10.2. The Morgan fingerprint density at radius 3 is 2.59 bits per heavy atom.